The van der Waals surface area contributed by atoms with Crippen LogP contribution in [0.15, 0.2) is 18.2 Å². The number of carbonyl (C=O) groups excluding carboxylic acids is 1. The molecule has 0 fully saturated rings. The highest BCUT2D eigenvalue weighted by molar-refractivity contribution is 5.77. The fourth-order valence-electron chi connectivity index (χ4n) is 1.19. The van der Waals surface area contributed by atoms with E-state index in [0.717, 1.165) is 5.56 Å². The lowest BCUT2D eigenvalue weighted by atomic mass is 10.1. The number of hydrogen-bond acceptors (Lipinski definition) is 3. The quantitative estimate of drug-likeness (QED) is 0.770. The lowest BCUT2D eigenvalue weighted by molar-refractivity contribution is -0.117. The number of nitrogens with two attached hydrogens (primary N) is 1. The molecule has 0 unspecified atom stereocenters. The van der Waals surface area contributed by atoms with Gasteiger partial charge in [0, 0.05) is 11.6 Å². The van der Waals surface area contributed by atoms with Gasteiger partial charge in [0.15, 0.2) is 0 Å². The van der Waals surface area contributed by atoms with Gasteiger partial charge in [-0.2, -0.15) is 0 Å². The summed E-state index contributed by atoms with van der Waals surface area (Å²) >= 11 is 0. The molecule has 1 aromatic carbocycles. The Hall–Kier alpha value is -1.71. The standard InChI is InChI=1S/C10H13NO3/c1-13-8-4-3-7(5-10(11)12)9(6-8)14-2/h3-4,6H,5H2,1-2H3,(H2,11,12). The van der Waals surface area contributed by atoms with E-state index in [9.17, 15) is 4.79 Å². The normalized spacial score (nSPS) is 9.57. The van der Waals surface area contributed by atoms with Crippen molar-refractivity contribution < 1.29 is 14.3 Å². The Morgan fingerprint density at radius 1 is 1.36 bits per heavy atom. The van der Waals surface area contributed by atoms with Gasteiger partial charge in [-0.1, -0.05) is 6.07 Å². The molecule has 1 amide bonds. The topological polar surface area (TPSA) is 61.5 Å². The predicted octanol–water partition coefficient (Wildman–Crippen LogP) is 0.732. The average Bonchev–Trinajstić information content (AvgIpc) is 2.17. The van der Waals surface area contributed by atoms with Gasteiger partial charge in [-0.3, -0.25) is 4.79 Å². The van der Waals surface area contributed by atoms with E-state index >= 15 is 0 Å². The van der Waals surface area contributed by atoms with Gasteiger partial charge in [-0.15, -0.1) is 0 Å². The highest BCUT2D eigenvalue weighted by atomic mass is 16.5. The van der Waals surface area contributed by atoms with Gasteiger partial charge in [0.05, 0.1) is 20.6 Å². The molecule has 0 heterocycles. The maximum atomic E-state index is 10.7. The van der Waals surface area contributed by atoms with Crippen molar-refractivity contribution in [3.05, 3.63) is 23.8 Å². The van der Waals surface area contributed by atoms with Gasteiger partial charge < -0.3 is 15.2 Å². The molecule has 0 aliphatic carbocycles. The molecule has 0 aromatic heterocycles. The van der Waals surface area contributed by atoms with Crippen molar-refractivity contribution in [2.24, 2.45) is 5.73 Å². The molecule has 14 heavy (non-hydrogen) atoms. The second-order valence-corrected chi connectivity index (χ2v) is 2.82. The largest absolute Gasteiger partial charge is 0.497 e. The molecule has 2 N–H and O–H groups in total. The smallest absolute Gasteiger partial charge is 0.221 e. The van der Waals surface area contributed by atoms with Gasteiger partial charge in [0.25, 0.3) is 0 Å². The summed E-state index contributed by atoms with van der Waals surface area (Å²) < 4.78 is 10.1. The fraction of sp³-hybridized carbons (Fsp3) is 0.300. The van der Waals surface area contributed by atoms with E-state index in [-0.39, 0.29) is 12.3 Å². The SMILES string of the molecule is COc1ccc(CC(N)=O)c(OC)c1. The third kappa shape index (κ3) is 2.39. The molecule has 0 spiro atoms. The number of methoxy groups -OCH3 is 2. The molecule has 0 radical (unpaired) electrons. The number of primary amides is 1. The van der Waals surface area contributed by atoms with E-state index < -0.39 is 0 Å². The summed E-state index contributed by atoms with van der Waals surface area (Å²) in [5.74, 6) is 0.923. The highest BCUT2D eigenvalue weighted by Gasteiger charge is 2.07. The third-order valence-corrected chi connectivity index (χ3v) is 1.86. The van der Waals surface area contributed by atoms with Crippen LogP contribution in [0.4, 0.5) is 0 Å². The zero-order valence-corrected chi connectivity index (χ0v) is 8.24. The molecule has 4 nitrogen and oxygen atoms in total. The van der Waals surface area contributed by atoms with E-state index in [4.69, 9.17) is 15.2 Å². The van der Waals surface area contributed by atoms with Gasteiger partial charge >= 0.3 is 0 Å². The maximum Gasteiger partial charge on any atom is 0.221 e. The maximum absolute atomic E-state index is 10.7. The van der Waals surface area contributed by atoms with Crippen LogP contribution in [0.1, 0.15) is 5.56 Å². The van der Waals surface area contributed by atoms with Crippen LogP contribution in [0.3, 0.4) is 0 Å². The van der Waals surface area contributed by atoms with Crippen LogP contribution in [0.2, 0.25) is 0 Å². The summed E-state index contributed by atoms with van der Waals surface area (Å²) in [6, 6.07) is 5.25. The molecule has 0 aliphatic heterocycles. The van der Waals surface area contributed by atoms with E-state index in [0.29, 0.717) is 11.5 Å². The summed E-state index contributed by atoms with van der Waals surface area (Å²) in [4.78, 5) is 10.7. The lowest BCUT2D eigenvalue weighted by Gasteiger charge is -2.08. The summed E-state index contributed by atoms with van der Waals surface area (Å²) in [5, 5.41) is 0. The molecule has 4 heteroatoms. The van der Waals surface area contributed by atoms with Crippen molar-refractivity contribution in [1.29, 1.82) is 0 Å². The first kappa shape index (κ1) is 10.4. The van der Waals surface area contributed by atoms with Crippen molar-refractivity contribution in [2.45, 2.75) is 6.42 Å². The molecule has 0 saturated carbocycles. The van der Waals surface area contributed by atoms with Gasteiger partial charge in [0.2, 0.25) is 5.91 Å². The minimum atomic E-state index is -0.381. The molecule has 1 rings (SSSR count). The van der Waals surface area contributed by atoms with Crippen molar-refractivity contribution in [1.82, 2.24) is 0 Å². The molecule has 0 bridgehead atoms. The number of amides is 1. The van der Waals surface area contributed by atoms with Gasteiger partial charge in [-0.05, 0) is 6.07 Å². The molecule has 1 aromatic rings. The van der Waals surface area contributed by atoms with E-state index in [1.165, 1.54) is 0 Å². The van der Waals surface area contributed by atoms with E-state index in [2.05, 4.69) is 0 Å². The minimum Gasteiger partial charge on any atom is -0.497 e. The first-order valence-electron chi connectivity index (χ1n) is 4.16. The summed E-state index contributed by atoms with van der Waals surface area (Å²) in [7, 11) is 3.11. The summed E-state index contributed by atoms with van der Waals surface area (Å²) in [6.45, 7) is 0. The number of ether oxygens (including phenoxy) is 2. The van der Waals surface area contributed by atoms with E-state index in [1.807, 2.05) is 0 Å². The van der Waals surface area contributed by atoms with Crippen LogP contribution in [0, 0.1) is 0 Å². The Labute approximate surface area is 82.6 Å². The number of carbonyl (C=O) groups is 1. The van der Waals surface area contributed by atoms with Gasteiger partial charge in [0.1, 0.15) is 11.5 Å². The molecular formula is C10H13NO3. The first-order valence-corrected chi connectivity index (χ1v) is 4.16. The Kier molecular flexibility index (Phi) is 3.34. The van der Waals surface area contributed by atoms with Gasteiger partial charge in [-0.25, -0.2) is 0 Å². The monoisotopic (exact) mass is 195 g/mol. The second-order valence-electron chi connectivity index (χ2n) is 2.82. The van der Waals surface area contributed by atoms with Crippen molar-refractivity contribution in [3.63, 3.8) is 0 Å². The lowest BCUT2D eigenvalue weighted by Crippen LogP contribution is -2.14. The average molecular weight is 195 g/mol. The number of rotatable bonds is 4. The fourth-order valence-corrected chi connectivity index (χ4v) is 1.19. The van der Waals surface area contributed by atoms with Crippen LogP contribution in [-0.2, 0) is 11.2 Å². The van der Waals surface area contributed by atoms with Crippen LogP contribution in [-0.4, -0.2) is 20.1 Å². The molecular weight excluding hydrogens is 182 g/mol. The highest BCUT2D eigenvalue weighted by Crippen LogP contribution is 2.24. The Morgan fingerprint density at radius 2 is 2.07 bits per heavy atom. The minimum absolute atomic E-state index is 0.174. The van der Waals surface area contributed by atoms with Crippen LogP contribution in [0.5, 0.6) is 11.5 Å². The molecule has 76 valence electrons. The Morgan fingerprint density at radius 3 is 2.57 bits per heavy atom. The predicted molar refractivity (Wildman–Crippen MR) is 52.4 cm³/mol. The zero-order valence-electron chi connectivity index (χ0n) is 8.24. The Bertz CT molecular complexity index is 336. The van der Waals surface area contributed by atoms with Crippen LogP contribution >= 0.6 is 0 Å². The van der Waals surface area contributed by atoms with E-state index in [1.54, 1.807) is 32.4 Å². The Balaban J connectivity index is 2.98. The number of benzene rings is 1. The second kappa shape index (κ2) is 4.50. The van der Waals surface area contributed by atoms with Crippen LogP contribution in [0.25, 0.3) is 0 Å². The van der Waals surface area contributed by atoms with Crippen molar-refractivity contribution >= 4 is 5.91 Å². The first-order chi connectivity index (χ1) is 6.67. The van der Waals surface area contributed by atoms with Crippen molar-refractivity contribution in [2.75, 3.05) is 14.2 Å². The third-order valence-electron chi connectivity index (χ3n) is 1.86. The van der Waals surface area contributed by atoms with Crippen LogP contribution < -0.4 is 15.2 Å². The number of hydrogen-bond donors (Lipinski definition) is 1. The molecule has 0 saturated heterocycles. The zero-order chi connectivity index (χ0) is 10.6. The summed E-state index contributed by atoms with van der Waals surface area (Å²) in [6.07, 6.45) is 0.174. The molecule has 0 atom stereocenters. The molecule has 0 aliphatic rings. The summed E-state index contributed by atoms with van der Waals surface area (Å²) in [5.41, 5.74) is 5.86. The van der Waals surface area contributed by atoms with Crippen molar-refractivity contribution in [3.8, 4) is 11.5 Å².